The average Bonchev–Trinajstić information content (AvgIpc) is 2.64. The molecule has 1 amide bonds. The molecule has 1 atom stereocenters. The van der Waals surface area contributed by atoms with Crippen molar-refractivity contribution in [3.63, 3.8) is 0 Å². The van der Waals surface area contributed by atoms with Gasteiger partial charge < -0.3 is 20.5 Å². The molecule has 0 unspecified atom stereocenters. The number of carbonyl (C=O) groups is 2. The zero-order valence-corrected chi connectivity index (χ0v) is 16.3. The number of benzene rings is 1. The summed E-state index contributed by atoms with van der Waals surface area (Å²) < 4.78 is 19.4. The Morgan fingerprint density at radius 1 is 1.25 bits per heavy atom. The molecular formula is C21H29FN2O4. The quantitative estimate of drug-likeness (QED) is 0.744. The van der Waals surface area contributed by atoms with Gasteiger partial charge in [0.1, 0.15) is 11.6 Å². The van der Waals surface area contributed by atoms with E-state index in [-0.39, 0.29) is 17.4 Å². The van der Waals surface area contributed by atoms with Gasteiger partial charge in [-0.05, 0) is 68.9 Å². The summed E-state index contributed by atoms with van der Waals surface area (Å²) in [4.78, 5) is 25.3. The molecule has 3 N–H and O–H groups in total. The van der Waals surface area contributed by atoms with Crippen molar-refractivity contribution in [1.29, 1.82) is 0 Å². The van der Waals surface area contributed by atoms with Crippen LogP contribution >= 0.6 is 0 Å². The van der Waals surface area contributed by atoms with E-state index in [1.165, 1.54) is 18.6 Å². The minimum Gasteiger partial charge on any atom is -0.493 e. The topological polar surface area (TPSA) is 92.9 Å². The number of nitrogens with zero attached hydrogens (tertiary/aromatic N) is 1. The number of amides is 1. The van der Waals surface area contributed by atoms with Gasteiger partial charge in [-0.3, -0.25) is 4.79 Å². The molecule has 0 radical (unpaired) electrons. The van der Waals surface area contributed by atoms with Gasteiger partial charge in [-0.2, -0.15) is 0 Å². The second kappa shape index (κ2) is 8.90. The van der Waals surface area contributed by atoms with Gasteiger partial charge in [0.05, 0.1) is 18.2 Å². The van der Waals surface area contributed by atoms with Crippen LogP contribution in [0.1, 0.15) is 55.3 Å². The molecule has 6 nitrogen and oxygen atoms in total. The number of carboxylic acids is 1. The summed E-state index contributed by atoms with van der Waals surface area (Å²) in [6, 6.07) is 3.72. The summed E-state index contributed by atoms with van der Waals surface area (Å²) in [5.41, 5.74) is 5.90. The number of carbonyl (C=O) groups excluding carboxylic acids is 1. The normalized spacial score (nSPS) is 23.5. The Kier molecular flexibility index (Phi) is 6.54. The van der Waals surface area contributed by atoms with Crippen LogP contribution in [-0.4, -0.2) is 47.6 Å². The Morgan fingerprint density at radius 2 is 1.93 bits per heavy atom. The molecule has 1 aromatic rings. The molecule has 3 rings (SSSR count). The lowest BCUT2D eigenvalue weighted by atomic mass is 9.78. The Hall–Kier alpha value is -2.15. The van der Waals surface area contributed by atoms with Crippen molar-refractivity contribution < 1.29 is 23.8 Å². The summed E-state index contributed by atoms with van der Waals surface area (Å²) in [7, 11) is 1.86. The predicted molar refractivity (Wildman–Crippen MR) is 103 cm³/mol. The van der Waals surface area contributed by atoms with Crippen molar-refractivity contribution in [2.45, 2.75) is 57.0 Å². The second-order valence-electron chi connectivity index (χ2n) is 8.10. The molecule has 0 aromatic heterocycles. The maximum atomic E-state index is 13.7. The number of carboxylic acid groups (broad SMARTS) is 1. The highest BCUT2D eigenvalue weighted by Crippen LogP contribution is 2.32. The second-order valence-corrected chi connectivity index (χ2v) is 8.10. The van der Waals surface area contributed by atoms with E-state index in [0.717, 1.165) is 44.6 Å². The lowest BCUT2D eigenvalue weighted by Gasteiger charge is -2.38. The molecule has 2 aliphatic rings. The predicted octanol–water partition coefficient (Wildman–Crippen LogP) is 3.05. The zero-order valence-electron chi connectivity index (χ0n) is 16.3. The molecule has 0 spiro atoms. The number of likely N-dealkylation sites (N-methyl/N-ethyl adjacent to an activating group) is 1. The van der Waals surface area contributed by atoms with Crippen molar-refractivity contribution in [3.05, 3.63) is 29.6 Å². The van der Waals surface area contributed by atoms with Gasteiger partial charge in [-0.25, -0.2) is 9.18 Å². The summed E-state index contributed by atoms with van der Waals surface area (Å²) in [6.07, 6.45) is 6.92. The first-order valence-corrected chi connectivity index (χ1v) is 10.0. The smallest absolute Gasteiger partial charge is 0.338 e. The first kappa shape index (κ1) is 20.6. The lowest BCUT2D eigenvalue weighted by Crippen LogP contribution is -2.52. The van der Waals surface area contributed by atoms with Gasteiger partial charge in [0.15, 0.2) is 0 Å². The van der Waals surface area contributed by atoms with Crippen LogP contribution < -0.4 is 10.5 Å². The van der Waals surface area contributed by atoms with E-state index in [1.807, 2.05) is 11.9 Å². The Morgan fingerprint density at radius 3 is 2.46 bits per heavy atom. The van der Waals surface area contributed by atoms with Gasteiger partial charge in [0.2, 0.25) is 5.91 Å². The molecular weight excluding hydrogens is 363 g/mol. The number of halogens is 1. The highest BCUT2D eigenvalue weighted by Gasteiger charge is 2.34. The number of aromatic carboxylic acids is 1. The molecule has 2 saturated carbocycles. The van der Waals surface area contributed by atoms with Gasteiger partial charge in [0.25, 0.3) is 0 Å². The Bertz CT molecular complexity index is 714. The fraction of sp³-hybridized carbons (Fsp3) is 0.619. The number of hydrogen-bond donors (Lipinski definition) is 2. The number of hydrogen-bond acceptors (Lipinski definition) is 4. The van der Waals surface area contributed by atoms with Crippen LogP contribution in [0.2, 0.25) is 0 Å². The maximum Gasteiger partial charge on any atom is 0.338 e. The van der Waals surface area contributed by atoms with E-state index in [9.17, 15) is 14.0 Å². The van der Waals surface area contributed by atoms with Gasteiger partial charge in [0, 0.05) is 19.2 Å². The van der Waals surface area contributed by atoms with Crippen LogP contribution in [0.15, 0.2) is 18.2 Å². The van der Waals surface area contributed by atoms with E-state index >= 15 is 0 Å². The largest absolute Gasteiger partial charge is 0.493 e. The third-order valence-electron chi connectivity index (χ3n) is 6.31. The fourth-order valence-electron chi connectivity index (χ4n) is 4.08. The van der Waals surface area contributed by atoms with Crippen LogP contribution in [0, 0.1) is 17.7 Å². The fourth-order valence-corrected chi connectivity index (χ4v) is 4.08. The van der Waals surface area contributed by atoms with Crippen molar-refractivity contribution in [1.82, 2.24) is 4.90 Å². The average molecular weight is 392 g/mol. The van der Waals surface area contributed by atoms with E-state index in [1.54, 1.807) is 0 Å². The highest BCUT2D eigenvalue weighted by molar-refractivity contribution is 5.88. The molecule has 0 heterocycles. The maximum absolute atomic E-state index is 13.7. The van der Waals surface area contributed by atoms with E-state index in [2.05, 4.69) is 0 Å². The van der Waals surface area contributed by atoms with Gasteiger partial charge in [-0.1, -0.05) is 0 Å². The first-order valence-electron chi connectivity index (χ1n) is 10.0. The van der Waals surface area contributed by atoms with Crippen LogP contribution in [0.3, 0.4) is 0 Å². The van der Waals surface area contributed by atoms with E-state index in [0.29, 0.717) is 24.3 Å². The van der Waals surface area contributed by atoms with Crippen molar-refractivity contribution >= 4 is 11.9 Å². The molecule has 0 saturated heterocycles. The monoisotopic (exact) mass is 392 g/mol. The molecule has 0 bridgehead atoms. The van der Waals surface area contributed by atoms with Crippen LogP contribution in [-0.2, 0) is 4.79 Å². The van der Waals surface area contributed by atoms with Crippen molar-refractivity contribution in [2.24, 2.45) is 17.6 Å². The van der Waals surface area contributed by atoms with E-state index < -0.39 is 17.8 Å². The minimum absolute atomic E-state index is 0.0541. The van der Waals surface area contributed by atoms with Crippen LogP contribution in [0.5, 0.6) is 5.75 Å². The Balaban J connectivity index is 1.44. The number of ether oxygens (including phenoxy) is 1. The lowest BCUT2D eigenvalue weighted by molar-refractivity contribution is -0.136. The van der Waals surface area contributed by atoms with Gasteiger partial charge >= 0.3 is 5.97 Å². The van der Waals surface area contributed by atoms with Gasteiger partial charge in [-0.15, -0.1) is 0 Å². The van der Waals surface area contributed by atoms with E-state index in [4.69, 9.17) is 15.6 Å². The minimum atomic E-state index is -1.30. The molecule has 1 aromatic carbocycles. The molecule has 2 aliphatic carbocycles. The molecule has 0 aliphatic heterocycles. The summed E-state index contributed by atoms with van der Waals surface area (Å²) in [6.45, 7) is 0.448. The third-order valence-corrected chi connectivity index (χ3v) is 6.31. The number of rotatable bonds is 7. The standard InChI is InChI=1S/C21H29FN2O4/c1-24(15-3-2-4-15)20(25)19(23)14-7-5-13(6-8-14)12-28-16-9-10-17(21(26)27)18(22)11-16/h9-11,13-15,19H,2-8,12,23H2,1H3,(H,26,27)/t13?,14?,19-/m0/s1. The Labute approximate surface area is 164 Å². The summed E-state index contributed by atoms with van der Waals surface area (Å²) in [5.74, 6) is -1.19. The SMILES string of the molecule is CN(C(=O)[C@@H](N)C1CCC(COc2ccc(C(=O)O)c(F)c2)CC1)C1CCC1. The van der Waals surface area contributed by atoms with Crippen molar-refractivity contribution in [3.8, 4) is 5.75 Å². The van der Waals surface area contributed by atoms with Crippen molar-refractivity contribution in [2.75, 3.05) is 13.7 Å². The molecule has 7 heteroatoms. The summed E-state index contributed by atoms with van der Waals surface area (Å²) in [5, 5.41) is 8.86. The molecule has 28 heavy (non-hydrogen) atoms. The highest BCUT2D eigenvalue weighted by atomic mass is 19.1. The molecule has 154 valence electrons. The zero-order chi connectivity index (χ0) is 20.3. The van der Waals surface area contributed by atoms with Crippen LogP contribution in [0.25, 0.3) is 0 Å². The third kappa shape index (κ3) is 4.63. The summed E-state index contributed by atoms with van der Waals surface area (Å²) >= 11 is 0. The first-order chi connectivity index (χ1) is 13.4. The molecule has 2 fully saturated rings. The number of nitrogens with two attached hydrogens (primary N) is 1. The van der Waals surface area contributed by atoms with Crippen LogP contribution in [0.4, 0.5) is 4.39 Å².